The van der Waals surface area contributed by atoms with Crippen LogP contribution in [0.15, 0.2) is 41.0 Å². The summed E-state index contributed by atoms with van der Waals surface area (Å²) in [5.74, 6) is -2.85. The highest BCUT2D eigenvalue weighted by Gasteiger charge is 2.49. The van der Waals surface area contributed by atoms with Gasteiger partial charge in [-0.1, -0.05) is 26.5 Å². The molecule has 4 aliphatic heterocycles. The number of carbonyl (C=O) groups is 3. The van der Waals surface area contributed by atoms with Gasteiger partial charge in [0.1, 0.15) is 11.6 Å². The number of carboxylic acid groups (broad SMARTS) is 2. The summed E-state index contributed by atoms with van der Waals surface area (Å²) >= 11 is 4.61. The molecule has 10 N–H and O–H groups in total. The van der Waals surface area contributed by atoms with E-state index in [1.807, 2.05) is 33.8 Å². The Labute approximate surface area is 278 Å². The number of aromatic amines is 1. The van der Waals surface area contributed by atoms with Crippen LogP contribution >= 0.6 is 12.6 Å². The van der Waals surface area contributed by atoms with Gasteiger partial charge in [0, 0.05) is 46.5 Å². The third-order valence-electron chi connectivity index (χ3n) is 10.3. The fraction of sp³-hybridized carbons (Fsp3) is 0.515. The number of hydrogen-bond acceptors (Lipinski definition) is 10. The van der Waals surface area contributed by atoms with Gasteiger partial charge in [-0.15, -0.1) is 0 Å². The first-order valence-corrected chi connectivity index (χ1v) is 16.2. The predicted octanol–water partition coefficient (Wildman–Crippen LogP) is 2.42. The number of amides is 1. The molecule has 1 aromatic heterocycles. The maximum absolute atomic E-state index is 12.6. The van der Waals surface area contributed by atoms with Gasteiger partial charge in [-0.05, 0) is 62.0 Å². The molecule has 0 saturated carbocycles. The van der Waals surface area contributed by atoms with Crippen LogP contribution in [0, 0.1) is 24.2 Å². The zero-order valence-corrected chi connectivity index (χ0v) is 28.0. The summed E-state index contributed by atoms with van der Waals surface area (Å²) in [4.78, 5) is 39.5. The topological polar surface area (TPSA) is 230 Å². The van der Waals surface area contributed by atoms with Crippen LogP contribution < -0.4 is 21.3 Å². The third kappa shape index (κ3) is 6.09. The van der Waals surface area contributed by atoms with E-state index in [2.05, 4.69) is 45.5 Å². The summed E-state index contributed by atoms with van der Waals surface area (Å²) in [7, 11) is 0. The monoisotopic (exact) mass is 668 g/mol. The summed E-state index contributed by atoms with van der Waals surface area (Å²) < 4.78 is 0. The van der Waals surface area contributed by atoms with Crippen LogP contribution in [-0.4, -0.2) is 84.0 Å². The van der Waals surface area contributed by atoms with Crippen molar-refractivity contribution in [3.8, 4) is 0 Å². The summed E-state index contributed by atoms with van der Waals surface area (Å²) in [6.07, 6.45) is 3.67. The first kappa shape index (κ1) is 34.3. The minimum atomic E-state index is -1.40. The van der Waals surface area contributed by atoms with Crippen molar-refractivity contribution < 1.29 is 34.8 Å². The Bertz CT molecular complexity index is 1640. The van der Waals surface area contributed by atoms with Gasteiger partial charge in [-0.25, -0.2) is 0 Å². The smallest absolute Gasteiger partial charge is 0.322 e. The molecule has 0 spiro atoms. The van der Waals surface area contributed by atoms with Crippen LogP contribution in [0.4, 0.5) is 0 Å². The molecule has 4 aliphatic rings. The molecule has 0 bridgehead atoms. The minimum absolute atomic E-state index is 0.124. The molecule has 5 rings (SSSR count). The molecule has 3 unspecified atom stereocenters. The molecule has 254 valence electrons. The molecule has 47 heavy (non-hydrogen) atoms. The fourth-order valence-electron chi connectivity index (χ4n) is 7.50. The second-order valence-corrected chi connectivity index (χ2v) is 14.1. The van der Waals surface area contributed by atoms with Crippen LogP contribution in [0.3, 0.4) is 0 Å². The molecule has 13 nitrogen and oxygen atoms in total. The zero-order chi connectivity index (χ0) is 34.7. The Morgan fingerprint density at radius 3 is 2.40 bits per heavy atom. The molecular weight excluding hydrogens is 624 g/mol. The van der Waals surface area contributed by atoms with Crippen molar-refractivity contribution in [1.29, 1.82) is 5.41 Å². The molecular formula is C33H44N6O7S. The van der Waals surface area contributed by atoms with Crippen LogP contribution in [0.25, 0.3) is 6.08 Å². The van der Waals surface area contributed by atoms with Crippen LogP contribution in [0.2, 0.25) is 0 Å². The second kappa shape index (κ2) is 12.5. The van der Waals surface area contributed by atoms with Gasteiger partial charge in [0.2, 0.25) is 5.91 Å². The molecule has 2 saturated heterocycles. The summed E-state index contributed by atoms with van der Waals surface area (Å²) in [6.45, 7) is 12.7. The van der Waals surface area contributed by atoms with Gasteiger partial charge in [0.25, 0.3) is 0 Å². The normalized spacial score (nSPS) is 33.1. The van der Waals surface area contributed by atoms with Crippen molar-refractivity contribution in [2.45, 2.75) is 94.9 Å². The Morgan fingerprint density at radius 1 is 1.17 bits per heavy atom. The molecule has 0 aromatic carbocycles. The van der Waals surface area contributed by atoms with E-state index in [1.54, 1.807) is 6.92 Å². The van der Waals surface area contributed by atoms with Gasteiger partial charge in [-0.3, -0.25) is 19.7 Å². The molecule has 5 heterocycles. The average molecular weight is 669 g/mol. The van der Waals surface area contributed by atoms with Crippen molar-refractivity contribution in [1.82, 2.24) is 26.3 Å². The number of aliphatic carboxylic acids is 2. The minimum Gasteiger partial charge on any atom is -0.495 e. The molecule has 14 heteroatoms. The standard InChI is InChI=1S/C33H44N6O7S/c1-7-17-31(43)37-21(33(17,6)46)11-18-12(2)16(8-9-22(40)41)19(35-18)10-20-24(28-29(38-28)32(44)45)13(3)26(36-20)25(34)27-23(15(5)47)14(4)30(42)39-27/h7,10,14-15,18,21,23,27-29,34-38,43,46-47H,1,8-9,11H2,2-6H3,(H,39,42)(H,40,41)(H,44,45)/b19-10-,34-25?/t14-,15?,18?,21-,23+,27?,28-,29+,33+/m1/s1. The lowest BCUT2D eigenvalue weighted by atomic mass is 9.85. The number of aliphatic hydroxyl groups excluding tert-OH is 1. The van der Waals surface area contributed by atoms with Gasteiger partial charge >= 0.3 is 11.9 Å². The van der Waals surface area contributed by atoms with Gasteiger partial charge in [0.15, 0.2) is 5.88 Å². The van der Waals surface area contributed by atoms with Gasteiger partial charge < -0.3 is 46.8 Å². The third-order valence-corrected chi connectivity index (χ3v) is 10.6. The summed E-state index contributed by atoms with van der Waals surface area (Å²) in [5.41, 5.74) is 3.69. The zero-order valence-electron chi connectivity index (χ0n) is 27.1. The first-order chi connectivity index (χ1) is 22.0. The molecule has 9 atom stereocenters. The highest BCUT2D eigenvalue weighted by molar-refractivity contribution is 7.80. The van der Waals surface area contributed by atoms with Gasteiger partial charge in [-0.2, -0.15) is 12.6 Å². The Balaban J connectivity index is 1.54. The Kier molecular flexibility index (Phi) is 9.16. The number of allylic oxidation sites excluding steroid dienone is 1. The van der Waals surface area contributed by atoms with Crippen LogP contribution in [-0.2, 0) is 14.4 Å². The van der Waals surface area contributed by atoms with Crippen molar-refractivity contribution in [3.63, 3.8) is 0 Å². The van der Waals surface area contributed by atoms with E-state index in [4.69, 9.17) is 0 Å². The van der Waals surface area contributed by atoms with Crippen molar-refractivity contribution in [2.24, 2.45) is 11.8 Å². The lowest BCUT2D eigenvalue weighted by Gasteiger charge is -2.29. The van der Waals surface area contributed by atoms with Crippen molar-refractivity contribution in [3.05, 3.63) is 63.5 Å². The number of thiol groups is 1. The van der Waals surface area contributed by atoms with E-state index in [-0.39, 0.29) is 59.0 Å². The molecule has 1 aromatic rings. The number of carboxylic acids is 2. The maximum atomic E-state index is 12.6. The molecule has 2 fully saturated rings. The van der Waals surface area contributed by atoms with E-state index in [0.29, 0.717) is 34.6 Å². The fourth-order valence-corrected chi connectivity index (χ4v) is 7.93. The maximum Gasteiger partial charge on any atom is 0.322 e. The highest BCUT2D eigenvalue weighted by Crippen LogP contribution is 2.41. The van der Waals surface area contributed by atoms with Crippen molar-refractivity contribution >= 4 is 42.3 Å². The van der Waals surface area contributed by atoms with Gasteiger partial charge in [0.05, 0.1) is 29.5 Å². The second-order valence-electron chi connectivity index (χ2n) is 13.3. The first-order valence-electron chi connectivity index (χ1n) is 15.7. The number of carbonyl (C=O) groups excluding carboxylic acids is 1. The number of nitrogens with one attached hydrogen (secondary N) is 6. The van der Waals surface area contributed by atoms with E-state index in [0.717, 1.165) is 11.1 Å². The Morgan fingerprint density at radius 2 is 1.85 bits per heavy atom. The van der Waals surface area contributed by atoms with E-state index < -0.39 is 41.7 Å². The number of H-pyrrole nitrogens is 1. The van der Waals surface area contributed by atoms with E-state index in [9.17, 15) is 40.2 Å². The molecule has 0 radical (unpaired) electrons. The lowest BCUT2D eigenvalue weighted by Crippen LogP contribution is -2.46. The van der Waals surface area contributed by atoms with E-state index in [1.165, 1.54) is 6.08 Å². The summed E-state index contributed by atoms with van der Waals surface area (Å²) in [5, 5.41) is 62.3. The van der Waals surface area contributed by atoms with Crippen LogP contribution in [0.5, 0.6) is 0 Å². The number of rotatable bonds is 12. The van der Waals surface area contributed by atoms with E-state index >= 15 is 0 Å². The molecule has 1 amide bonds. The largest absolute Gasteiger partial charge is 0.495 e. The number of hydrogen-bond donors (Lipinski definition) is 11. The quantitative estimate of drug-likeness (QED) is 0.0885. The summed E-state index contributed by atoms with van der Waals surface area (Å²) in [6, 6.07) is -2.85. The van der Waals surface area contributed by atoms with Crippen LogP contribution in [0.1, 0.15) is 75.5 Å². The predicted molar refractivity (Wildman–Crippen MR) is 179 cm³/mol. The average Bonchev–Trinajstić information content (AvgIpc) is 3.43. The number of aliphatic hydroxyl groups is 2. The Hall–Kier alpha value is -4.01. The SMILES string of the molecule is C=CC1=C(O)N[C@H](CC2N/C(=C\c3[nH]c(C(=N)C4NC(=O)[C@H](C)[C@H]4C(C)S)c(C)c3[C@H]3N[C@@H]3C(=O)O)C(CCC(=O)O)=C2C)[C@@]1(C)O. The highest BCUT2D eigenvalue weighted by atomic mass is 32.1. The lowest BCUT2D eigenvalue weighted by molar-refractivity contribution is -0.137. The molecule has 0 aliphatic carbocycles. The number of aromatic nitrogens is 1. The van der Waals surface area contributed by atoms with Crippen molar-refractivity contribution in [2.75, 3.05) is 0 Å².